The molecule has 7 rings (SSSR count). The van der Waals surface area contributed by atoms with Gasteiger partial charge in [-0.25, -0.2) is 19.5 Å². The standard InChI is InChI=1S/C30H27N11O2/c31-29-24(13-22(36-37-29)21-5-1-2-6-25(21)42)39-15-19-17-40(18-20(19)16-39)27-8-11-32-26(35-27)7-3-9-34-30(43)23-14-28-33-10-4-12-41(28)38-23/h1-2,4-6,8,10-14,19-20,42H,9,15-18H2,(H2,31,37)(H,34,43). The van der Waals surface area contributed by atoms with Crippen molar-refractivity contribution in [3.05, 3.63) is 78.6 Å². The van der Waals surface area contributed by atoms with Gasteiger partial charge in [0, 0.05) is 68.2 Å². The third-order valence-corrected chi connectivity index (χ3v) is 7.78. The van der Waals surface area contributed by atoms with Crippen LogP contribution in [0.1, 0.15) is 16.3 Å². The fourth-order valence-corrected chi connectivity index (χ4v) is 5.71. The van der Waals surface area contributed by atoms with Crippen molar-refractivity contribution in [1.82, 2.24) is 40.1 Å². The van der Waals surface area contributed by atoms with E-state index in [1.54, 1.807) is 47.4 Å². The quantitative estimate of drug-likeness (QED) is 0.262. The first-order valence-electron chi connectivity index (χ1n) is 13.8. The number of hydrogen-bond donors (Lipinski definition) is 3. The molecule has 0 aliphatic carbocycles. The molecule has 2 atom stereocenters. The van der Waals surface area contributed by atoms with Crippen LogP contribution in [0.5, 0.6) is 5.75 Å². The average molecular weight is 574 g/mol. The van der Waals surface area contributed by atoms with Crippen molar-refractivity contribution in [1.29, 1.82) is 0 Å². The van der Waals surface area contributed by atoms with Crippen LogP contribution in [0.25, 0.3) is 16.9 Å². The van der Waals surface area contributed by atoms with E-state index in [1.165, 1.54) is 0 Å². The molecule has 4 N–H and O–H groups in total. The van der Waals surface area contributed by atoms with Gasteiger partial charge in [0.2, 0.25) is 5.82 Å². The van der Waals surface area contributed by atoms with E-state index in [-0.39, 0.29) is 23.9 Å². The number of nitrogens with zero attached hydrogens (tertiary/aromatic N) is 9. The molecule has 0 saturated carbocycles. The van der Waals surface area contributed by atoms with Crippen LogP contribution in [0.2, 0.25) is 0 Å². The average Bonchev–Trinajstić information content (AvgIpc) is 3.74. The van der Waals surface area contributed by atoms with Crippen LogP contribution in [0.3, 0.4) is 0 Å². The van der Waals surface area contributed by atoms with Gasteiger partial charge in [0.15, 0.2) is 17.2 Å². The summed E-state index contributed by atoms with van der Waals surface area (Å²) in [6.45, 7) is 3.49. The second-order valence-electron chi connectivity index (χ2n) is 10.5. The molecule has 43 heavy (non-hydrogen) atoms. The second-order valence-corrected chi connectivity index (χ2v) is 10.5. The van der Waals surface area contributed by atoms with Gasteiger partial charge >= 0.3 is 0 Å². The second kappa shape index (κ2) is 10.9. The number of aromatic hydroxyl groups is 1. The SMILES string of the molecule is Nc1nnc(-c2ccccc2O)cc1N1CC2CN(c3ccnc(C#CCNC(=O)c4cc5ncccn5n4)n3)CC2C1. The van der Waals surface area contributed by atoms with Crippen molar-refractivity contribution in [2.75, 3.05) is 48.3 Å². The molecule has 2 aliphatic heterocycles. The summed E-state index contributed by atoms with van der Waals surface area (Å²) in [5.74, 6) is 8.15. The maximum atomic E-state index is 12.4. The lowest BCUT2D eigenvalue weighted by Crippen LogP contribution is -2.30. The summed E-state index contributed by atoms with van der Waals surface area (Å²) in [7, 11) is 0. The molecule has 6 heterocycles. The number of nitrogens with one attached hydrogen (secondary N) is 1. The monoisotopic (exact) mass is 573 g/mol. The number of carbonyl (C=O) groups is 1. The highest BCUT2D eigenvalue weighted by molar-refractivity contribution is 5.93. The number of para-hydroxylation sites is 1. The van der Waals surface area contributed by atoms with E-state index in [1.807, 2.05) is 24.3 Å². The highest BCUT2D eigenvalue weighted by Gasteiger charge is 2.41. The number of nitrogens with two attached hydrogens (primary N) is 1. The third kappa shape index (κ3) is 5.21. The Morgan fingerprint density at radius 2 is 1.81 bits per heavy atom. The smallest absolute Gasteiger partial charge is 0.272 e. The van der Waals surface area contributed by atoms with Gasteiger partial charge < -0.3 is 26.0 Å². The molecule has 1 aromatic carbocycles. The Kier molecular flexibility index (Phi) is 6.63. The topological polar surface area (TPSA) is 164 Å². The molecule has 0 bridgehead atoms. The van der Waals surface area contributed by atoms with Crippen LogP contribution < -0.4 is 20.9 Å². The molecule has 2 fully saturated rings. The summed E-state index contributed by atoms with van der Waals surface area (Å²) in [6, 6.07) is 14.2. The van der Waals surface area contributed by atoms with Crippen LogP contribution in [0.4, 0.5) is 17.3 Å². The highest BCUT2D eigenvalue weighted by atomic mass is 16.3. The fourth-order valence-electron chi connectivity index (χ4n) is 5.71. The van der Waals surface area contributed by atoms with Gasteiger partial charge in [-0.05, 0) is 36.3 Å². The number of hydrogen-bond acceptors (Lipinski definition) is 11. The van der Waals surface area contributed by atoms with E-state index in [0.717, 1.165) is 37.7 Å². The first-order chi connectivity index (χ1) is 21.0. The summed E-state index contributed by atoms with van der Waals surface area (Å²) in [5, 5.41) is 25.6. The zero-order valence-electron chi connectivity index (χ0n) is 23.0. The largest absolute Gasteiger partial charge is 0.507 e. The van der Waals surface area contributed by atoms with Crippen molar-refractivity contribution >= 4 is 28.9 Å². The van der Waals surface area contributed by atoms with Crippen molar-refractivity contribution < 1.29 is 9.90 Å². The van der Waals surface area contributed by atoms with Crippen molar-refractivity contribution in [2.24, 2.45) is 11.8 Å². The number of fused-ring (bicyclic) bond motifs is 2. The number of phenols is 1. The molecule has 5 aromatic rings. The summed E-state index contributed by atoms with van der Waals surface area (Å²) in [6.07, 6.45) is 5.09. The number of aromatic nitrogens is 7. The lowest BCUT2D eigenvalue weighted by Gasteiger charge is -2.24. The Bertz CT molecular complexity index is 1850. The molecular weight excluding hydrogens is 546 g/mol. The van der Waals surface area contributed by atoms with E-state index in [4.69, 9.17) is 5.73 Å². The van der Waals surface area contributed by atoms with Gasteiger partial charge in [0.25, 0.3) is 5.91 Å². The maximum absolute atomic E-state index is 12.4. The number of amides is 1. The number of anilines is 3. The minimum atomic E-state index is -0.328. The Labute approximate surface area is 246 Å². The van der Waals surface area contributed by atoms with E-state index in [2.05, 4.69) is 57.2 Å². The number of carbonyl (C=O) groups excluding carboxylic acids is 1. The lowest BCUT2D eigenvalue weighted by molar-refractivity contribution is 0.0953. The van der Waals surface area contributed by atoms with Crippen LogP contribution in [0, 0.1) is 23.7 Å². The molecule has 2 saturated heterocycles. The minimum Gasteiger partial charge on any atom is -0.507 e. The molecule has 2 aliphatic rings. The lowest BCUT2D eigenvalue weighted by atomic mass is 10.0. The first-order valence-corrected chi connectivity index (χ1v) is 13.8. The number of nitrogen functional groups attached to an aromatic ring is 1. The zero-order chi connectivity index (χ0) is 29.3. The van der Waals surface area contributed by atoms with Gasteiger partial charge in [-0.1, -0.05) is 18.1 Å². The van der Waals surface area contributed by atoms with E-state index in [0.29, 0.717) is 40.4 Å². The molecule has 214 valence electrons. The van der Waals surface area contributed by atoms with Crippen molar-refractivity contribution in [3.8, 4) is 28.8 Å². The fraction of sp³-hybridized carbons (Fsp3) is 0.233. The van der Waals surface area contributed by atoms with Gasteiger partial charge in [0.05, 0.1) is 17.9 Å². The van der Waals surface area contributed by atoms with E-state index in [9.17, 15) is 9.90 Å². The van der Waals surface area contributed by atoms with Crippen molar-refractivity contribution in [3.63, 3.8) is 0 Å². The summed E-state index contributed by atoms with van der Waals surface area (Å²) in [4.78, 5) is 30.1. The summed E-state index contributed by atoms with van der Waals surface area (Å²) >= 11 is 0. The van der Waals surface area contributed by atoms with Crippen LogP contribution in [0.15, 0.2) is 67.1 Å². The Morgan fingerprint density at radius 3 is 2.63 bits per heavy atom. The molecule has 1 amide bonds. The van der Waals surface area contributed by atoms with E-state index >= 15 is 0 Å². The molecule has 4 aromatic heterocycles. The molecule has 0 spiro atoms. The Balaban J connectivity index is 0.969. The van der Waals surface area contributed by atoms with Crippen molar-refractivity contribution in [2.45, 2.75) is 0 Å². The number of benzene rings is 1. The number of rotatable bonds is 5. The molecular formula is C30H27N11O2. The highest BCUT2D eigenvalue weighted by Crippen LogP contribution is 2.38. The molecule has 13 heteroatoms. The normalized spacial score (nSPS) is 17.5. The molecule has 13 nitrogen and oxygen atoms in total. The van der Waals surface area contributed by atoms with Gasteiger partial charge in [-0.15, -0.1) is 10.2 Å². The van der Waals surface area contributed by atoms with Crippen LogP contribution in [-0.2, 0) is 0 Å². The third-order valence-electron chi connectivity index (χ3n) is 7.78. The number of phenolic OH excluding ortho intramolecular Hbond substituents is 1. The Morgan fingerprint density at radius 1 is 1.00 bits per heavy atom. The summed E-state index contributed by atoms with van der Waals surface area (Å²) in [5.41, 5.74) is 9.15. The first kappa shape index (κ1) is 26.1. The molecule has 0 radical (unpaired) electrons. The van der Waals surface area contributed by atoms with Crippen LogP contribution >= 0.6 is 0 Å². The van der Waals surface area contributed by atoms with Gasteiger partial charge in [-0.3, -0.25) is 4.79 Å². The zero-order valence-corrected chi connectivity index (χ0v) is 23.0. The maximum Gasteiger partial charge on any atom is 0.272 e. The minimum absolute atomic E-state index is 0.135. The molecule has 2 unspecified atom stereocenters. The predicted octanol–water partition coefficient (Wildman–Crippen LogP) is 1.62. The van der Waals surface area contributed by atoms with Gasteiger partial charge in [-0.2, -0.15) is 5.10 Å². The van der Waals surface area contributed by atoms with Gasteiger partial charge in [0.1, 0.15) is 11.6 Å². The predicted molar refractivity (Wildman–Crippen MR) is 159 cm³/mol. The van der Waals surface area contributed by atoms with Crippen LogP contribution in [-0.4, -0.2) is 78.5 Å². The van der Waals surface area contributed by atoms with E-state index < -0.39 is 0 Å². The summed E-state index contributed by atoms with van der Waals surface area (Å²) < 4.78 is 1.55. The Hall–Kier alpha value is -5.77.